The minimum atomic E-state index is -0.155. The number of allylic oxidation sites excluding steroid dienone is 1. The molecular weight excluding hydrogens is 224 g/mol. The first-order chi connectivity index (χ1) is 8.79. The monoisotopic (exact) mass is 234 g/mol. The summed E-state index contributed by atoms with van der Waals surface area (Å²) in [5.74, 6) is -0.155. The summed E-state index contributed by atoms with van der Waals surface area (Å²) in [6, 6.07) is 14.3. The smallest absolute Gasteiger partial charge is 0.204 e. The first-order valence-electron chi connectivity index (χ1n) is 5.43. The summed E-state index contributed by atoms with van der Waals surface area (Å²) in [7, 11) is 0. The van der Waals surface area contributed by atoms with Crippen LogP contribution in [-0.2, 0) is 0 Å². The van der Waals surface area contributed by atoms with Gasteiger partial charge in [0.25, 0.3) is 0 Å². The van der Waals surface area contributed by atoms with Crippen LogP contribution in [0.1, 0.15) is 21.6 Å². The van der Waals surface area contributed by atoms with Gasteiger partial charge in [-0.2, -0.15) is 5.26 Å². The van der Waals surface area contributed by atoms with Crippen molar-refractivity contribution in [2.24, 2.45) is 0 Å². The first-order valence-corrected chi connectivity index (χ1v) is 5.43. The molecule has 0 N–H and O–H groups in total. The van der Waals surface area contributed by atoms with Gasteiger partial charge in [0.2, 0.25) is 5.78 Å². The number of aromatic nitrogens is 1. The van der Waals surface area contributed by atoms with Crippen molar-refractivity contribution in [3.05, 3.63) is 71.6 Å². The van der Waals surface area contributed by atoms with Gasteiger partial charge < -0.3 is 0 Å². The molecular formula is C15H10N2O. The number of pyridine rings is 1. The number of nitrogens with zero attached hydrogens (tertiary/aromatic N) is 2. The minimum absolute atomic E-state index is 0.155. The van der Waals surface area contributed by atoms with Crippen molar-refractivity contribution in [3.8, 4) is 6.07 Å². The molecule has 1 aromatic heterocycles. The third-order valence-electron chi connectivity index (χ3n) is 2.36. The van der Waals surface area contributed by atoms with E-state index < -0.39 is 0 Å². The average molecular weight is 234 g/mol. The number of ketones is 1. The molecule has 0 amide bonds. The summed E-state index contributed by atoms with van der Waals surface area (Å²) in [5.41, 5.74) is 1.80. The van der Waals surface area contributed by atoms with Crippen LogP contribution in [0.15, 0.2) is 54.7 Å². The third-order valence-corrected chi connectivity index (χ3v) is 2.36. The van der Waals surface area contributed by atoms with Crippen molar-refractivity contribution in [1.29, 1.82) is 5.26 Å². The van der Waals surface area contributed by atoms with E-state index in [1.807, 2.05) is 6.07 Å². The zero-order chi connectivity index (χ0) is 12.8. The zero-order valence-electron chi connectivity index (χ0n) is 9.58. The molecule has 2 aromatic rings. The molecule has 0 aliphatic carbocycles. The second kappa shape index (κ2) is 5.55. The van der Waals surface area contributed by atoms with Gasteiger partial charge in [-0.15, -0.1) is 0 Å². The molecule has 1 aromatic carbocycles. The van der Waals surface area contributed by atoms with Crippen molar-refractivity contribution in [2.45, 2.75) is 0 Å². The molecule has 0 aliphatic heterocycles. The lowest BCUT2D eigenvalue weighted by atomic mass is 10.1. The van der Waals surface area contributed by atoms with E-state index in [4.69, 9.17) is 5.26 Å². The van der Waals surface area contributed by atoms with Crippen LogP contribution >= 0.6 is 0 Å². The zero-order valence-corrected chi connectivity index (χ0v) is 9.58. The Morgan fingerprint density at radius 1 is 1.22 bits per heavy atom. The molecule has 3 heteroatoms. The van der Waals surface area contributed by atoms with Crippen LogP contribution in [0.4, 0.5) is 0 Å². The fourth-order valence-corrected chi connectivity index (χ4v) is 1.48. The van der Waals surface area contributed by atoms with Crippen LogP contribution in [0.25, 0.3) is 6.08 Å². The van der Waals surface area contributed by atoms with Crippen molar-refractivity contribution < 1.29 is 4.79 Å². The summed E-state index contributed by atoms with van der Waals surface area (Å²) >= 11 is 0. The second-order valence-corrected chi connectivity index (χ2v) is 3.65. The quantitative estimate of drug-likeness (QED) is 0.606. The summed E-state index contributed by atoms with van der Waals surface area (Å²) in [5, 5.41) is 8.77. The maximum absolute atomic E-state index is 11.8. The fourth-order valence-electron chi connectivity index (χ4n) is 1.48. The maximum Gasteiger partial charge on any atom is 0.204 e. The molecule has 0 radical (unpaired) electrons. The molecule has 0 spiro atoms. The lowest BCUT2D eigenvalue weighted by molar-refractivity contribution is 0.104. The summed E-state index contributed by atoms with van der Waals surface area (Å²) in [6.45, 7) is 0. The largest absolute Gasteiger partial charge is 0.288 e. The predicted molar refractivity (Wildman–Crippen MR) is 68.8 cm³/mol. The molecule has 86 valence electrons. The standard InChI is InChI=1S/C15H10N2O/c16-11-13-5-3-4-12(10-13)7-8-15(18)14-6-1-2-9-17-14/h1-10H. The van der Waals surface area contributed by atoms with E-state index in [0.717, 1.165) is 5.56 Å². The topological polar surface area (TPSA) is 53.8 Å². The van der Waals surface area contributed by atoms with Gasteiger partial charge in [-0.1, -0.05) is 24.3 Å². The number of carbonyl (C=O) groups excluding carboxylic acids is 1. The van der Waals surface area contributed by atoms with Crippen LogP contribution in [0, 0.1) is 11.3 Å². The van der Waals surface area contributed by atoms with E-state index in [1.54, 1.807) is 48.7 Å². The molecule has 0 unspecified atom stereocenters. The van der Waals surface area contributed by atoms with Crippen LogP contribution in [-0.4, -0.2) is 10.8 Å². The molecule has 0 bridgehead atoms. The van der Waals surface area contributed by atoms with E-state index in [1.165, 1.54) is 6.08 Å². The number of carbonyl (C=O) groups is 1. The normalized spacial score (nSPS) is 10.2. The summed E-state index contributed by atoms with van der Waals surface area (Å²) in [6.07, 6.45) is 4.72. The third kappa shape index (κ3) is 2.89. The Labute approximate surface area is 105 Å². The van der Waals surface area contributed by atoms with E-state index >= 15 is 0 Å². The van der Waals surface area contributed by atoms with Crippen LogP contribution in [0.5, 0.6) is 0 Å². The van der Waals surface area contributed by atoms with Gasteiger partial charge in [0.05, 0.1) is 11.6 Å². The number of hydrogen-bond donors (Lipinski definition) is 0. The average Bonchev–Trinajstić information content (AvgIpc) is 2.46. The van der Waals surface area contributed by atoms with E-state index in [9.17, 15) is 4.79 Å². The van der Waals surface area contributed by atoms with E-state index in [-0.39, 0.29) is 5.78 Å². The molecule has 2 rings (SSSR count). The minimum Gasteiger partial charge on any atom is -0.288 e. The lowest BCUT2D eigenvalue weighted by Crippen LogP contribution is -1.96. The molecule has 0 saturated carbocycles. The number of rotatable bonds is 3. The Balaban J connectivity index is 2.16. The Morgan fingerprint density at radius 3 is 2.83 bits per heavy atom. The van der Waals surface area contributed by atoms with Gasteiger partial charge in [-0.05, 0) is 35.9 Å². The van der Waals surface area contributed by atoms with Crippen LogP contribution in [0.3, 0.4) is 0 Å². The second-order valence-electron chi connectivity index (χ2n) is 3.65. The van der Waals surface area contributed by atoms with Gasteiger partial charge in [0.15, 0.2) is 0 Å². The molecule has 18 heavy (non-hydrogen) atoms. The lowest BCUT2D eigenvalue weighted by Gasteiger charge is -1.95. The predicted octanol–water partition coefficient (Wildman–Crippen LogP) is 2.85. The highest BCUT2D eigenvalue weighted by Gasteiger charge is 2.01. The van der Waals surface area contributed by atoms with Gasteiger partial charge in [0.1, 0.15) is 5.69 Å². The van der Waals surface area contributed by atoms with Crippen LogP contribution < -0.4 is 0 Å². The summed E-state index contributed by atoms with van der Waals surface area (Å²) in [4.78, 5) is 15.7. The van der Waals surface area contributed by atoms with Gasteiger partial charge in [0, 0.05) is 6.20 Å². The van der Waals surface area contributed by atoms with Crippen molar-refractivity contribution in [1.82, 2.24) is 4.98 Å². The van der Waals surface area contributed by atoms with Crippen molar-refractivity contribution in [2.75, 3.05) is 0 Å². The Kier molecular flexibility index (Phi) is 3.62. The SMILES string of the molecule is N#Cc1cccc(C=CC(=O)c2ccccn2)c1. The van der Waals surface area contributed by atoms with E-state index in [2.05, 4.69) is 11.1 Å². The highest BCUT2D eigenvalue weighted by atomic mass is 16.1. The molecule has 1 heterocycles. The van der Waals surface area contributed by atoms with Gasteiger partial charge in [-0.3, -0.25) is 9.78 Å². The molecule has 0 saturated heterocycles. The number of hydrogen-bond acceptors (Lipinski definition) is 3. The molecule has 3 nitrogen and oxygen atoms in total. The maximum atomic E-state index is 11.8. The highest BCUT2D eigenvalue weighted by molar-refractivity contribution is 6.05. The van der Waals surface area contributed by atoms with Gasteiger partial charge in [-0.25, -0.2) is 0 Å². The van der Waals surface area contributed by atoms with Crippen LogP contribution in [0.2, 0.25) is 0 Å². The fraction of sp³-hybridized carbons (Fsp3) is 0. The van der Waals surface area contributed by atoms with Crippen molar-refractivity contribution >= 4 is 11.9 Å². The number of benzene rings is 1. The molecule has 0 fully saturated rings. The van der Waals surface area contributed by atoms with Gasteiger partial charge >= 0.3 is 0 Å². The Hall–Kier alpha value is -2.73. The number of nitriles is 1. The Bertz CT molecular complexity index is 624. The highest BCUT2D eigenvalue weighted by Crippen LogP contribution is 2.07. The van der Waals surface area contributed by atoms with E-state index in [0.29, 0.717) is 11.3 Å². The summed E-state index contributed by atoms with van der Waals surface area (Å²) < 4.78 is 0. The Morgan fingerprint density at radius 2 is 2.11 bits per heavy atom. The molecule has 0 atom stereocenters. The first kappa shape index (κ1) is 11.7. The van der Waals surface area contributed by atoms with Crippen molar-refractivity contribution in [3.63, 3.8) is 0 Å². The molecule has 0 aliphatic rings.